The number of hydrogen-bond donors (Lipinski definition) is 4. The predicted molar refractivity (Wildman–Crippen MR) is 135 cm³/mol. The number of aromatic nitrogens is 2. The van der Waals surface area contributed by atoms with E-state index in [2.05, 4.69) is 37.9 Å². The summed E-state index contributed by atoms with van der Waals surface area (Å²) in [5.41, 5.74) is 1.10. The van der Waals surface area contributed by atoms with Crippen molar-refractivity contribution < 1.29 is 18.8 Å². The first-order valence-electron chi connectivity index (χ1n) is 11.5. The number of piperidine rings is 1. The number of carbonyl (C=O) groups excluding carboxylic acids is 3. The van der Waals surface area contributed by atoms with Crippen LogP contribution in [0.3, 0.4) is 0 Å². The third-order valence-corrected chi connectivity index (χ3v) is 6.24. The molecular formula is C25H26ClFN6O3. The highest BCUT2D eigenvalue weighted by Crippen LogP contribution is 2.20. The summed E-state index contributed by atoms with van der Waals surface area (Å²) in [6, 6.07) is 9.86. The van der Waals surface area contributed by atoms with Crippen molar-refractivity contribution in [2.75, 3.05) is 37.3 Å². The van der Waals surface area contributed by atoms with Crippen molar-refractivity contribution in [2.45, 2.75) is 12.8 Å². The van der Waals surface area contributed by atoms with Crippen LogP contribution in [-0.4, -0.2) is 59.3 Å². The van der Waals surface area contributed by atoms with Crippen LogP contribution in [0.25, 0.3) is 0 Å². The predicted octanol–water partition coefficient (Wildman–Crippen LogP) is 3.78. The van der Waals surface area contributed by atoms with Crippen molar-refractivity contribution in [1.82, 2.24) is 20.2 Å². The van der Waals surface area contributed by atoms with Gasteiger partial charge in [-0.2, -0.15) is 0 Å². The van der Waals surface area contributed by atoms with Gasteiger partial charge in [-0.25, -0.2) is 9.37 Å². The molecule has 0 spiro atoms. The standard InChI is InChI=1S/C25H26ClFN6O3/c1-33-10-2-3-15(13-33)12-28-24(35)21-22(30-14-29-21)25(36)32-18-7-5-17(6-8-18)31-23(34)19-9-4-16(27)11-20(19)26/h4-9,11,14-15H,2-3,10,12-13H2,1H3,(H,28,35)(H,29,30)(H,31,34)(H,32,36). The fourth-order valence-electron chi connectivity index (χ4n) is 4.10. The van der Waals surface area contributed by atoms with Gasteiger partial charge in [0.1, 0.15) is 11.5 Å². The number of rotatable bonds is 7. The van der Waals surface area contributed by atoms with Crippen LogP contribution in [0, 0.1) is 11.7 Å². The first-order valence-corrected chi connectivity index (χ1v) is 11.9. The topological polar surface area (TPSA) is 119 Å². The molecule has 1 aromatic heterocycles. The molecular weight excluding hydrogens is 487 g/mol. The van der Waals surface area contributed by atoms with E-state index in [0.717, 1.165) is 38.1 Å². The lowest BCUT2D eigenvalue weighted by atomic mass is 9.98. The van der Waals surface area contributed by atoms with E-state index >= 15 is 0 Å². The second-order valence-electron chi connectivity index (χ2n) is 8.72. The van der Waals surface area contributed by atoms with Crippen molar-refractivity contribution in [3.05, 3.63) is 76.6 Å². The zero-order chi connectivity index (χ0) is 25.7. The van der Waals surface area contributed by atoms with Crippen molar-refractivity contribution in [3.8, 4) is 0 Å². The summed E-state index contributed by atoms with van der Waals surface area (Å²) in [5, 5.41) is 8.25. The second-order valence-corrected chi connectivity index (χ2v) is 9.12. The largest absolute Gasteiger partial charge is 0.350 e. The average Bonchev–Trinajstić information content (AvgIpc) is 3.34. The van der Waals surface area contributed by atoms with Gasteiger partial charge >= 0.3 is 0 Å². The van der Waals surface area contributed by atoms with E-state index in [4.69, 9.17) is 11.6 Å². The molecule has 0 saturated carbocycles. The zero-order valence-corrected chi connectivity index (χ0v) is 20.4. The number of nitrogens with one attached hydrogen (secondary N) is 4. The lowest BCUT2D eigenvalue weighted by molar-refractivity contribution is 0.0920. The van der Waals surface area contributed by atoms with Crippen LogP contribution in [-0.2, 0) is 0 Å². The first kappa shape index (κ1) is 25.3. The van der Waals surface area contributed by atoms with Gasteiger partial charge in [0.25, 0.3) is 17.7 Å². The van der Waals surface area contributed by atoms with Gasteiger partial charge in [-0.15, -0.1) is 0 Å². The zero-order valence-electron chi connectivity index (χ0n) is 19.6. The summed E-state index contributed by atoms with van der Waals surface area (Å²) in [5.74, 6) is -1.60. The van der Waals surface area contributed by atoms with Crippen LogP contribution < -0.4 is 16.0 Å². The maximum absolute atomic E-state index is 13.2. The third kappa shape index (κ3) is 6.27. The number of imidazole rings is 1. The Bertz CT molecular complexity index is 1260. The normalized spacial score (nSPS) is 15.8. The fourth-order valence-corrected chi connectivity index (χ4v) is 4.36. The highest BCUT2D eigenvalue weighted by atomic mass is 35.5. The number of H-pyrrole nitrogens is 1. The van der Waals surface area contributed by atoms with E-state index in [-0.39, 0.29) is 27.9 Å². The molecule has 1 aliphatic rings. The molecule has 2 heterocycles. The molecule has 0 aliphatic carbocycles. The Hall–Kier alpha value is -3.76. The second kappa shape index (κ2) is 11.3. The number of aromatic amines is 1. The molecule has 1 aliphatic heterocycles. The van der Waals surface area contributed by atoms with Crippen LogP contribution in [0.15, 0.2) is 48.8 Å². The number of hydrogen-bond acceptors (Lipinski definition) is 5. The number of nitrogens with zero attached hydrogens (tertiary/aromatic N) is 2. The maximum Gasteiger partial charge on any atom is 0.276 e. The first-order chi connectivity index (χ1) is 17.3. The lowest BCUT2D eigenvalue weighted by Gasteiger charge is -2.29. The molecule has 4 rings (SSSR count). The van der Waals surface area contributed by atoms with Crippen LogP contribution >= 0.6 is 11.6 Å². The number of likely N-dealkylation sites (tertiary alicyclic amines) is 1. The van der Waals surface area contributed by atoms with Crippen LogP contribution in [0.1, 0.15) is 44.2 Å². The van der Waals surface area contributed by atoms with Crippen molar-refractivity contribution in [1.29, 1.82) is 0 Å². The van der Waals surface area contributed by atoms with Gasteiger partial charge in [0.15, 0.2) is 5.69 Å². The lowest BCUT2D eigenvalue weighted by Crippen LogP contribution is -2.39. The molecule has 2 aromatic carbocycles. The monoisotopic (exact) mass is 512 g/mol. The van der Waals surface area contributed by atoms with E-state index in [1.807, 2.05) is 0 Å². The van der Waals surface area contributed by atoms with Crippen molar-refractivity contribution >= 4 is 40.7 Å². The summed E-state index contributed by atoms with van der Waals surface area (Å²) in [7, 11) is 2.06. The Kier molecular flexibility index (Phi) is 7.97. The van der Waals surface area contributed by atoms with Gasteiger partial charge in [-0.05, 0) is 74.8 Å². The molecule has 1 unspecified atom stereocenters. The van der Waals surface area contributed by atoms with Gasteiger partial charge in [-0.1, -0.05) is 11.6 Å². The van der Waals surface area contributed by atoms with Gasteiger partial charge in [0.05, 0.1) is 16.9 Å². The molecule has 0 bridgehead atoms. The average molecular weight is 513 g/mol. The minimum Gasteiger partial charge on any atom is -0.350 e. The number of amides is 3. The van der Waals surface area contributed by atoms with E-state index in [9.17, 15) is 18.8 Å². The van der Waals surface area contributed by atoms with Crippen LogP contribution in [0.4, 0.5) is 15.8 Å². The Labute approximate surface area is 212 Å². The summed E-state index contributed by atoms with van der Waals surface area (Å²) in [6.45, 7) is 2.51. The number of anilines is 2. The summed E-state index contributed by atoms with van der Waals surface area (Å²) < 4.78 is 13.2. The maximum atomic E-state index is 13.2. The highest BCUT2D eigenvalue weighted by molar-refractivity contribution is 6.34. The van der Waals surface area contributed by atoms with E-state index in [0.29, 0.717) is 23.8 Å². The molecule has 1 fully saturated rings. The smallest absolute Gasteiger partial charge is 0.276 e. The third-order valence-electron chi connectivity index (χ3n) is 5.93. The minimum atomic E-state index is -0.548. The molecule has 3 aromatic rings. The van der Waals surface area contributed by atoms with Crippen LogP contribution in [0.5, 0.6) is 0 Å². The van der Waals surface area contributed by atoms with E-state index in [1.54, 1.807) is 24.3 Å². The molecule has 188 valence electrons. The molecule has 9 nitrogen and oxygen atoms in total. The number of benzene rings is 2. The molecule has 36 heavy (non-hydrogen) atoms. The van der Waals surface area contributed by atoms with Gasteiger partial charge in [0.2, 0.25) is 0 Å². The molecule has 1 saturated heterocycles. The Morgan fingerprint density at radius 1 is 1.08 bits per heavy atom. The van der Waals surface area contributed by atoms with Gasteiger partial charge < -0.3 is 25.8 Å². The summed E-state index contributed by atoms with van der Waals surface area (Å²) in [6.07, 6.45) is 3.45. The summed E-state index contributed by atoms with van der Waals surface area (Å²) in [4.78, 5) is 46.8. The minimum absolute atomic E-state index is 0.00121. The molecule has 1 atom stereocenters. The van der Waals surface area contributed by atoms with Gasteiger partial charge in [0, 0.05) is 24.5 Å². The van der Waals surface area contributed by atoms with Crippen molar-refractivity contribution in [3.63, 3.8) is 0 Å². The summed E-state index contributed by atoms with van der Waals surface area (Å²) >= 11 is 5.93. The number of carbonyl (C=O) groups is 3. The van der Waals surface area contributed by atoms with E-state index < -0.39 is 17.6 Å². The fraction of sp³-hybridized carbons (Fsp3) is 0.280. The van der Waals surface area contributed by atoms with E-state index in [1.165, 1.54) is 12.4 Å². The van der Waals surface area contributed by atoms with Crippen molar-refractivity contribution in [2.24, 2.45) is 5.92 Å². The molecule has 0 radical (unpaired) electrons. The SMILES string of the molecule is CN1CCCC(CNC(=O)c2[nH]cnc2C(=O)Nc2ccc(NC(=O)c3ccc(F)cc3Cl)cc2)C1. The molecule has 4 N–H and O–H groups in total. The highest BCUT2D eigenvalue weighted by Gasteiger charge is 2.23. The Morgan fingerprint density at radius 3 is 2.44 bits per heavy atom. The quantitative estimate of drug-likeness (QED) is 0.384. The molecule has 11 heteroatoms. The Balaban J connectivity index is 1.34. The van der Waals surface area contributed by atoms with Gasteiger partial charge in [-0.3, -0.25) is 14.4 Å². The number of halogens is 2. The Morgan fingerprint density at radius 2 is 1.78 bits per heavy atom. The van der Waals surface area contributed by atoms with Crippen LogP contribution in [0.2, 0.25) is 5.02 Å². The molecule has 3 amide bonds.